The predicted molar refractivity (Wildman–Crippen MR) is 82.1 cm³/mol. The normalized spacial score (nSPS) is 17.8. The average Bonchev–Trinajstić information content (AvgIpc) is 3.32. The Labute approximate surface area is 119 Å². The van der Waals surface area contributed by atoms with E-state index in [0.717, 1.165) is 22.3 Å². The van der Waals surface area contributed by atoms with Crippen molar-refractivity contribution < 1.29 is 4.74 Å². The molecule has 3 N–H and O–H groups in total. The van der Waals surface area contributed by atoms with E-state index in [2.05, 4.69) is 23.3 Å². The molecule has 1 aromatic carbocycles. The molecule has 0 amide bonds. The topological polar surface area (TPSA) is 60.2 Å². The van der Waals surface area contributed by atoms with E-state index in [1.807, 2.05) is 24.4 Å². The Balaban J connectivity index is 2.01. The highest BCUT2D eigenvalue weighted by Gasteiger charge is 2.40. The molecule has 0 bridgehead atoms. The summed E-state index contributed by atoms with van der Waals surface area (Å²) >= 11 is 0. The molecule has 1 unspecified atom stereocenters. The molecule has 20 heavy (non-hydrogen) atoms. The van der Waals surface area contributed by atoms with E-state index >= 15 is 0 Å². The van der Waals surface area contributed by atoms with Gasteiger partial charge in [-0.25, -0.2) is 4.98 Å². The van der Waals surface area contributed by atoms with Gasteiger partial charge in [-0.15, -0.1) is 0 Å². The van der Waals surface area contributed by atoms with Crippen LogP contribution < -0.4 is 15.8 Å². The molecule has 0 radical (unpaired) electrons. The van der Waals surface area contributed by atoms with Crippen LogP contribution in [0.2, 0.25) is 0 Å². The number of benzene rings is 1. The molecule has 1 aromatic heterocycles. The maximum Gasteiger partial charge on any atom is 0.134 e. The first-order chi connectivity index (χ1) is 9.66. The van der Waals surface area contributed by atoms with Gasteiger partial charge < -0.3 is 15.8 Å². The fraction of sp³-hybridized carbons (Fsp3) is 0.438. The monoisotopic (exact) mass is 271 g/mol. The number of rotatable bonds is 5. The van der Waals surface area contributed by atoms with Gasteiger partial charge in [-0.05, 0) is 49.3 Å². The van der Waals surface area contributed by atoms with Crippen LogP contribution in [-0.4, -0.2) is 24.2 Å². The Morgan fingerprint density at radius 2 is 2.20 bits per heavy atom. The van der Waals surface area contributed by atoms with E-state index < -0.39 is 0 Å². The van der Waals surface area contributed by atoms with Crippen LogP contribution in [0, 0.1) is 5.92 Å². The summed E-state index contributed by atoms with van der Waals surface area (Å²) in [6, 6.07) is 8.05. The molecule has 2 aromatic rings. The minimum absolute atomic E-state index is 0.0790. The fourth-order valence-corrected chi connectivity index (χ4v) is 2.68. The van der Waals surface area contributed by atoms with Gasteiger partial charge >= 0.3 is 0 Å². The van der Waals surface area contributed by atoms with E-state index in [0.29, 0.717) is 12.5 Å². The highest BCUT2D eigenvalue weighted by atomic mass is 16.5. The zero-order chi connectivity index (χ0) is 14.2. The van der Waals surface area contributed by atoms with Crippen LogP contribution >= 0.6 is 0 Å². The van der Waals surface area contributed by atoms with Gasteiger partial charge in [0.15, 0.2) is 0 Å². The van der Waals surface area contributed by atoms with E-state index in [9.17, 15) is 0 Å². The second-order valence-electron chi connectivity index (χ2n) is 5.77. The molecule has 1 aliphatic carbocycles. The largest absolute Gasteiger partial charge is 0.497 e. The third-order valence-corrected chi connectivity index (χ3v) is 4.28. The SMILES string of the molecule is COc1ccc2ccnc(NC(C)(CN)C3CC3)c2c1. The van der Waals surface area contributed by atoms with Crippen LogP contribution in [0.15, 0.2) is 30.5 Å². The molecule has 3 rings (SSSR count). The minimum Gasteiger partial charge on any atom is -0.497 e. The molecule has 106 valence electrons. The number of fused-ring (bicyclic) bond motifs is 1. The Hall–Kier alpha value is -1.81. The zero-order valence-electron chi connectivity index (χ0n) is 12.0. The molecule has 1 aliphatic rings. The molecule has 1 fully saturated rings. The predicted octanol–water partition coefficient (Wildman–Crippen LogP) is 2.78. The van der Waals surface area contributed by atoms with Gasteiger partial charge in [-0.3, -0.25) is 0 Å². The third kappa shape index (κ3) is 2.31. The summed E-state index contributed by atoms with van der Waals surface area (Å²) in [5, 5.41) is 5.80. The van der Waals surface area contributed by atoms with E-state index in [-0.39, 0.29) is 5.54 Å². The van der Waals surface area contributed by atoms with Gasteiger partial charge in [0.25, 0.3) is 0 Å². The highest BCUT2D eigenvalue weighted by Crippen LogP contribution is 2.41. The standard InChI is InChI=1S/C16H21N3O/c1-16(10-17,12-4-5-12)19-15-14-9-13(20-2)6-3-11(14)7-8-18-15/h3,6-9,12H,4-5,10,17H2,1-2H3,(H,18,19). The summed E-state index contributed by atoms with van der Waals surface area (Å²) in [4.78, 5) is 4.50. The molecule has 1 heterocycles. The number of hydrogen-bond donors (Lipinski definition) is 2. The Morgan fingerprint density at radius 3 is 2.85 bits per heavy atom. The van der Waals surface area contributed by atoms with E-state index in [1.165, 1.54) is 12.8 Å². The molecular weight excluding hydrogens is 250 g/mol. The molecule has 4 heteroatoms. The van der Waals surface area contributed by atoms with Crippen molar-refractivity contribution in [3.8, 4) is 5.75 Å². The summed E-state index contributed by atoms with van der Waals surface area (Å²) in [5.74, 6) is 2.38. The summed E-state index contributed by atoms with van der Waals surface area (Å²) in [6.07, 6.45) is 4.32. The minimum atomic E-state index is -0.0790. The van der Waals surface area contributed by atoms with E-state index in [1.54, 1.807) is 7.11 Å². The Kier molecular flexibility index (Phi) is 3.26. The van der Waals surface area contributed by atoms with Crippen molar-refractivity contribution >= 4 is 16.6 Å². The lowest BCUT2D eigenvalue weighted by Crippen LogP contribution is -2.44. The lowest BCUT2D eigenvalue weighted by Gasteiger charge is -2.30. The molecule has 1 saturated carbocycles. The first-order valence-corrected chi connectivity index (χ1v) is 7.07. The van der Waals surface area contributed by atoms with Crippen LogP contribution in [-0.2, 0) is 0 Å². The number of anilines is 1. The van der Waals surface area contributed by atoms with Gasteiger partial charge in [0.05, 0.1) is 12.6 Å². The van der Waals surface area contributed by atoms with Gasteiger partial charge in [-0.2, -0.15) is 0 Å². The van der Waals surface area contributed by atoms with Gasteiger partial charge in [0, 0.05) is 18.1 Å². The first kappa shape index (κ1) is 13.2. The summed E-state index contributed by atoms with van der Waals surface area (Å²) < 4.78 is 5.31. The number of nitrogens with zero attached hydrogens (tertiary/aromatic N) is 1. The number of hydrogen-bond acceptors (Lipinski definition) is 4. The number of nitrogens with one attached hydrogen (secondary N) is 1. The molecule has 1 atom stereocenters. The molecular formula is C16H21N3O. The number of aromatic nitrogens is 1. The highest BCUT2D eigenvalue weighted by molar-refractivity contribution is 5.93. The summed E-state index contributed by atoms with van der Waals surface area (Å²) in [6.45, 7) is 2.80. The lowest BCUT2D eigenvalue weighted by molar-refractivity contribution is 0.415. The summed E-state index contributed by atoms with van der Waals surface area (Å²) in [5.41, 5.74) is 5.90. The Bertz CT molecular complexity index is 624. The first-order valence-electron chi connectivity index (χ1n) is 7.07. The summed E-state index contributed by atoms with van der Waals surface area (Å²) in [7, 11) is 1.68. The number of nitrogens with two attached hydrogens (primary N) is 1. The molecule has 0 aliphatic heterocycles. The van der Waals surface area contributed by atoms with Crippen LogP contribution in [0.5, 0.6) is 5.75 Å². The van der Waals surface area contributed by atoms with Crippen molar-refractivity contribution in [1.82, 2.24) is 4.98 Å². The van der Waals surface area contributed by atoms with Crippen LogP contribution in [0.3, 0.4) is 0 Å². The molecule has 0 saturated heterocycles. The number of ether oxygens (including phenoxy) is 1. The third-order valence-electron chi connectivity index (χ3n) is 4.28. The Morgan fingerprint density at radius 1 is 1.40 bits per heavy atom. The molecule has 4 nitrogen and oxygen atoms in total. The van der Waals surface area contributed by atoms with Crippen molar-refractivity contribution in [3.63, 3.8) is 0 Å². The average molecular weight is 271 g/mol. The lowest BCUT2D eigenvalue weighted by atomic mass is 9.95. The van der Waals surface area contributed by atoms with Gasteiger partial charge in [0.1, 0.15) is 11.6 Å². The van der Waals surface area contributed by atoms with Crippen molar-refractivity contribution in [2.75, 3.05) is 19.0 Å². The van der Waals surface area contributed by atoms with Crippen molar-refractivity contribution in [2.24, 2.45) is 11.7 Å². The number of methoxy groups -OCH3 is 1. The second-order valence-corrected chi connectivity index (χ2v) is 5.77. The molecule has 0 spiro atoms. The maximum atomic E-state index is 5.98. The number of pyridine rings is 1. The fourth-order valence-electron chi connectivity index (χ4n) is 2.68. The van der Waals surface area contributed by atoms with Crippen LogP contribution in [0.1, 0.15) is 19.8 Å². The van der Waals surface area contributed by atoms with Crippen molar-refractivity contribution in [3.05, 3.63) is 30.5 Å². The quantitative estimate of drug-likeness (QED) is 0.878. The van der Waals surface area contributed by atoms with Gasteiger partial charge in [0.2, 0.25) is 0 Å². The van der Waals surface area contributed by atoms with Crippen molar-refractivity contribution in [2.45, 2.75) is 25.3 Å². The van der Waals surface area contributed by atoms with Crippen LogP contribution in [0.4, 0.5) is 5.82 Å². The maximum absolute atomic E-state index is 5.98. The second kappa shape index (κ2) is 4.94. The van der Waals surface area contributed by atoms with Gasteiger partial charge in [-0.1, -0.05) is 6.07 Å². The van der Waals surface area contributed by atoms with Crippen LogP contribution in [0.25, 0.3) is 10.8 Å². The zero-order valence-corrected chi connectivity index (χ0v) is 12.0. The smallest absolute Gasteiger partial charge is 0.134 e. The van der Waals surface area contributed by atoms with Crippen molar-refractivity contribution in [1.29, 1.82) is 0 Å². The van der Waals surface area contributed by atoms with E-state index in [4.69, 9.17) is 10.5 Å².